The van der Waals surface area contributed by atoms with E-state index in [0.717, 1.165) is 5.56 Å². The van der Waals surface area contributed by atoms with Gasteiger partial charge in [-0.1, -0.05) is 23.8 Å². The average Bonchev–Trinajstić information content (AvgIpc) is 3.05. The number of amides is 1. The molecule has 0 bridgehead atoms. The summed E-state index contributed by atoms with van der Waals surface area (Å²) in [5, 5.41) is 11.1. The molecule has 1 saturated carbocycles. The van der Waals surface area contributed by atoms with Crippen molar-refractivity contribution in [2.45, 2.75) is 48.8 Å². The second-order valence-corrected chi connectivity index (χ2v) is 9.61. The van der Waals surface area contributed by atoms with Gasteiger partial charge in [0.1, 0.15) is 0 Å². The van der Waals surface area contributed by atoms with Crippen molar-refractivity contribution in [1.29, 1.82) is 0 Å². The molecule has 1 amide bonds. The fourth-order valence-corrected chi connectivity index (χ4v) is 5.68. The Labute approximate surface area is 163 Å². The first kappa shape index (κ1) is 18.6. The SMILES string of the molecule is Cc1ccc(S(=O)(=O)C2(C(=O)N[C@H](C)c3nnc4ccccn34)CCC2)cc1. The number of sulfone groups is 1. The van der Waals surface area contributed by atoms with E-state index in [1.54, 1.807) is 35.6 Å². The van der Waals surface area contributed by atoms with E-state index < -0.39 is 26.5 Å². The summed E-state index contributed by atoms with van der Waals surface area (Å²) in [6.07, 6.45) is 3.17. The first-order valence-electron chi connectivity index (χ1n) is 9.27. The number of benzene rings is 1. The van der Waals surface area contributed by atoms with Crippen LogP contribution in [0.2, 0.25) is 0 Å². The van der Waals surface area contributed by atoms with Crippen LogP contribution in [0, 0.1) is 6.92 Å². The van der Waals surface area contributed by atoms with E-state index in [-0.39, 0.29) is 4.90 Å². The van der Waals surface area contributed by atoms with Crippen LogP contribution in [0.5, 0.6) is 0 Å². The van der Waals surface area contributed by atoms with Crippen molar-refractivity contribution in [3.63, 3.8) is 0 Å². The fraction of sp³-hybridized carbons (Fsp3) is 0.350. The van der Waals surface area contributed by atoms with Crippen molar-refractivity contribution < 1.29 is 13.2 Å². The van der Waals surface area contributed by atoms with Gasteiger partial charge in [0.05, 0.1) is 10.9 Å². The van der Waals surface area contributed by atoms with Crippen molar-refractivity contribution in [1.82, 2.24) is 19.9 Å². The summed E-state index contributed by atoms with van der Waals surface area (Å²) in [5.41, 5.74) is 1.64. The third-order valence-electron chi connectivity index (χ3n) is 5.50. The number of nitrogens with zero attached hydrogens (tertiary/aromatic N) is 3. The zero-order valence-corrected chi connectivity index (χ0v) is 16.6. The van der Waals surface area contributed by atoms with E-state index in [9.17, 15) is 13.2 Å². The number of aryl methyl sites for hydroxylation is 1. The predicted octanol–water partition coefficient (Wildman–Crippen LogP) is 2.61. The van der Waals surface area contributed by atoms with E-state index in [0.29, 0.717) is 30.7 Å². The Bertz CT molecular complexity index is 1130. The van der Waals surface area contributed by atoms with Crippen LogP contribution in [0.3, 0.4) is 0 Å². The lowest BCUT2D eigenvalue weighted by molar-refractivity contribution is -0.126. The second-order valence-electron chi connectivity index (χ2n) is 7.35. The molecule has 1 aliphatic carbocycles. The highest BCUT2D eigenvalue weighted by atomic mass is 32.2. The zero-order valence-electron chi connectivity index (χ0n) is 15.8. The van der Waals surface area contributed by atoms with Gasteiger partial charge < -0.3 is 5.32 Å². The molecule has 0 unspecified atom stereocenters. The Morgan fingerprint density at radius 3 is 2.50 bits per heavy atom. The summed E-state index contributed by atoms with van der Waals surface area (Å²) in [7, 11) is -3.79. The minimum absolute atomic E-state index is 0.188. The van der Waals surface area contributed by atoms with Crippen LogP contribution in [0.25, 0.3) is 5.65 Å². The molecule has 1 aromatic carbocycles. The summed E-state index contributed by atoms with van der Waals surface area (Å²) in [6.45, 7) is 3.68. The maximum absolute atomic E-state index is 13.3. The first-order chi connectivity index (χ1) is 13.3. The highest BCUT2D eigenvalue weighted by Gasteiger charge is 2.55. The molecule has 2 aromatic heterocycles. The molecule has 7 nitrogen and oxygen atoms in total. The monoisotopic (exact) mass is 398 g/mol. The molecule has 1 aliphatic rings. The minimum atomic E-state index is -3.79. The van der Waals surface area contributed by atoms with Gasteiger partial charge in [-0.15, -0.1) is 10.2 Å². The molecule has 0 spiro atoms. The van der Waals surface area contributed by atoms with Crippen LogP contribution in [0.1, 0.15) is 43.6 Å². The number of carbonyl (C=O) groups excluding carboxylic acids is 1. The number of aromatic nitrogens is 3. The molecular weight excluding hydrogens is 376 g/mol. The quantitative estimate of drug-likeness (QED) is 0.713. The highest BCUT2D eigenvalue weighted by Crippen LogP contribution is 2.43. The minimum Gasteiger partial charge on any atom is -0.345 e. The molecule has 146 valence electrons. The molecule has 8 heteroatoms. The van der Waals surface area contributed by atoms with E-state index in [1.165, 1.54) is 0 Å². The van der Waals surface area contributed by atoms with Gasteiger partial charge in [-0.05, 0) is 57.4 Å². The average molecular weight is 398 g/mol. The molecule has 1 N–H and O–H groups in total. The van der Waals surface area contributed by atoms with Gasteiger partial charge in [0.15, 0.2) is 26.1 Å². The summed E-state index contributed by atoms with van der Waals surface area (Å²) >= 11 is 0. The maximum Gasteiger partial charge on any atom is 0.242 e. The van der Waals surface area contributed by atoms with Gasteiger partial charge in [-0.25, -0.2) is 8.42 Å². The summed E-state index contributed by atoms with van der Waals surface area (Å²) in [4.78, 5) is 13.3. The van der Waals surface area contributed by atoms with Crippen LogP contribution in [0.15, 0.2) is 53.6 Å². The van der Waals surface area contributed by atoms with Crippen LogP contribution >= 0.6 is 0 Å². The molecule has 3 aromatic rings. The molecule has 0 radical (unpaired) electrons. The number of hydrogen-bond acceptors (Lipinski definition) is 5. The largest absolute Gasteiger partial charge is 0.345 e. The molecule has 0 aliphatic heterocycles. The van der Waals surface area contributed by atoms with Gasteiger partial charge in [0, 0.05) is 6.20 Å². The van der Waals surface area contributed by atoms with E-state index in [2.05, 4.69) is 15.5 Å². The Balaban J connectivity index is 1.63. The third kappa shape index (κ3) is 2.79. The molecule has 1 fully saturated rings. The smallest absolute Gasteiger partial charge is 0.242 e. The standard InChI is InChI=1S/C20H22N4O3S/c1-14-7-9-16(10-8-14)28(26,27)20(11-5-12-20)19(25)21-15(2)18-23-22-17-6-3-4-13-24(17)18/h3-4,6-10,13,15H,5,11-12H2,1-2H3,(H,21,25)/t15-/m1/s1. The number of carbonyl (C=O) groups is 1. The van der Waals surface area contributed by atoms with Crippen LogP contribution in [-0.2, 0) is 14.6 Å². The van der Waals surface area contributed by atoms with E-state index >= 15 is 0 Å². The summed E-state index contributed by atoms with van der Waals surface area (Å²) < 4.78 is 26.9. The molecule has 0 saturated heterocycles. The van der Waals surface area contributed by atoms with Gasteiger partial charge in [-0.2, -0.15) is 0 Å². The van der Waals surface area contributed by atoms with Crippen LogP contribution < -0.4 is 5.32 Å². The van der Waals surface area contributed by atoms with Crippen LogP contribution in [-0.4, -0.2) is 33.7 Å². The Hall–Kier alpha value is -2.74. The third-order valence-corrected chi connectivity index (χ3v) is 8.01. The lowest BCUT2D eigenvalue weighted by Gasteiger charge is -2.39. The molecule has 1 atom stereocenters. The number of nitrogens with one attached hydrogen (secondary N) is 1. The van der Waals surface area contributed by atoms with Gasteiger partial charge in [0.25, 0.3) is 0 Å². The van der Waals surface area contributed by atoms with Crippen molar-refractivity contribution in [3.8, 4) is 0 Å². The van der Waals surface area contributed by atoms with Gasteiger partial charge in [-0.3, -0.25) is 9.20 Å². The number of pyridine rings is 1. The Morgan fingerprint density at radius 1 is 1.14 bits per heavy atom. The van der Waals surface area contributed by atoms with Gasteiger partial charge in [0.2, 0.25) is 5.91 Å². The highest BCUT2D eigenvalue weighted by molar-refractivity contribution is 7.93. The number of fused-ring (bicyclic) bond motifs is 1. The maximum atomic E-state index is 13.3. The topological polar surface area (TPSA) is 93.4 Å². The molecular formula is C20H22N4O3S. The normalized spacial score (nSPS) is 17.1. The van der Waals surface area contributed by atoms with Crippen molar-refractivity contribution in [2.24, 2.45) is 0 Å². The molecule has 28 heavy (non-hydrogen) atoms. The van der Waals surface area contributed by atoms with Crippen molar-refractivity contribution in [3.05, 3.63) is 60.0 Å². The fourth-order valence-electron chi connectivity index (χ4n) is 3.61. The zero-order chi connectivity index (χ0) is 19.9. The molecule has 4 rings (SSSR count). The van der Waals surface area contributed by atoms with E-state index in [1.807, 2.05) is 31.3 Å². The van der Waals surface area contributed by atoms with Crippen LogP contribution in [0.4, 0.5) is 0 Å². The second kappa shape index (κ2) is 6.70. The predicted molar refractivity (Wildman–Crippen MR) is 104 cm³/mol. The summed E-state index contributed by atoms with van der Waals surface area (Å²) in [6, 6.07) is 11.7. The van der Waals surface area contributed by atoms with E-state index in [4.69, 9.17) is 0 Å². The summed E-state index contributed by atoms with van der Waals surface area (Å²) in [5.74, 6) is 0.0886. The first-order valence-corrected chi connectivity index (χ1v) is 10.8. The lowest BCUT2D eigenvalue weighted by Crippen LogP contribution is -2.57. The Morgan fingerprint density at radius 2 is 1.86 bits per heavy atom. The van der Waals surface area contributed by atoms with Crippen molar-refractivity contribution >= 4 is 21.4 Å². The number of rotatable bonds is 5. The molecule has 2 heterocycles. The van der Waals surface area contributed by atoms with Gasteiger partial charge >= 0.3 is 0 Å². The van der Waals surface area contributed by atoms with Crippen molar-refractivity contribution in [2.75, 3.05) is 0 Å². The lowest BCUT2D eigenvalue weighted by atomic mass is 9.83. The number of hydrogen-bond donors (Lipinski definition) is 1. The Kier molecular flexibility index (Phi) is 4.45.